The Labute approximate surface area is 157 Å². The van der Waals surface area contributed by atoms with Crippen molar-refractivity contribution in [2.24, 2.45) is 0 Å². The van der Waals surface area contributed by atoms with Gasteiger partial charge in [-0.05, 0) is 47.8 Å². The van der Waals surface area contributed by atoms with E-state index in [0.717, 1.165) is 16.3 Å². The molecule has 0 aliphatic carbocycles. The number of carbonyl (C=O) groups is 1. The van der Waals surface area contributed by atoms with Gasteiger partial charge in [-0.2, -0.15) is 9.61 Å². The molecule has 0 aliphatic rings. The number of benzene rings is 1. The second-order valence-electron chi connectivity index (χ2n) is 5.39. The van der Waals surface area contributed by atoms with Gasteiger partial charge in [-0.1, -0.05) is 17.8 Å². The summed E-state index contributed by atoms with van der Waals surface area (Å²) in [6, 6.07) is 14.9. The molecule has 8 heteroatoms. The molecule has 0 aliphatic heterocycles. The molecule has 1 aromatic carbocycles. The molecule has 0 saturated carbocycles. The number of fused-ring (bicyclic) bond motifs is 1. The number of carbonyl (C=O) groups excluding carboxylic acids is 1. The second-order valence-corrected chi connectivity index (χ2v) is 7.28. The third kappa shape index (κ3) is 3.33. The predicted molar refractivity (Wildman–Crippen MR) is 102 cm³/mol. The highest BCUT2D eigenvalue weighted by Crippen LogP contribution is 2.24. The van der Waals surface area contributed by atoms with Crippen LogP contribution in [-0.2, 0) is 0 Å². The molecule has 130 valence electrons. The van der Waals surface area contributed by atoms with Gasteiger partial charge in [0.2, 0.25) is 5.16 Å². The van der Waals surface area contributed by atoms with Crippen molar-refractivity contribution in [1.82, 2.24) is 19.8 Å². The molecule has 26 heavy (non-hydrogen) atoms. The van der Waals surface area contributed by atoms with Crippen LogP contribution in [0.4, 0.5) is 0 Å². The van der Waals surface area contributed by atoms with Gasteiger partial charge in [0.1, 0.15) is 11.4 Å². The summed E-state index contributed by atoms with van der Waals surface area (Å²) < 4.78 is 6.79. The lowest BCUT2D eigenvalue weighted by molar-refractivity contribution is 0.102. The number of aromatic nitrogens is 4. The van der Waals surface area contributed by atoms with Gasteiger partial charge in [0.05, 0.1) is 17.7 Å². The quantitative estimate of drug-likeness (QED) is 0.373. The van der Waals surface area contributed by atoms with E-state index in [0.29, 0.717) is 16.4 Å². The molecule has 0 unspecified atom stereocenters. The van der Waals surface area contributed by atoms with Crippen molar-refractivity contribution in [3.63, 3.8) is 0 Å². The lowest BCUT2D eigenvalue weighted by atomic mass is 10.1. The first-order valence-electron chi connectivity index (χ1n) is 7.81. The molecule has 0 N–H and O–H groups in total. The minimum atomic E-state index is 0.0174. The molecular formula is C18H14N4O2S2. The Balaban J connectivity index is 1.53. The molecule has 0 spiro atoms. The third-order valence-electron chi connectivity index (χ3n) is 3.75. The first kappa shape index (κ1) is 16.7. The Morgan fingerprint density at radius 3 is 2.73 bits per heavy atom. The summed E-state index contributed by atoms with van der Waals surface area (Å²) in [5, 5.41) is 15.5. The number of ether oxygens (including phenoxy) is 1. The molecule has 0 bridgehead atoms. The Morgan fingerprint density at radius 2 is 2.00 bits per heavy atom. The molecule has 0 saturated heterocycles. The molecule has 3 aromatic heterocycles. The zero-order chi connectivity index (χ0) is 17.9. The summed E-state index contributed by atoms with van der Waals surface area (Å²) in [6.07, 6.45) is 0. The van der Waals surface area contributed by atoms with Crippen molar-refractivity contribution < 1.29 is 9.53 Å². The van der Waals surface area contributed by atoms with Gasteiger partial charge in [-0.3, -0.25) is 4.79 Å². The average Bonchev–Trinajstić information content (AvgIpc) is 3.35. The largest absolute Gasteiger partial charge is 0.497 e. The van der Waals surface area contributed by atoms with E-state index in [9.17, 15) is 4.79 Å². The fourth-order valence-corrected chi connectivity index (χ4v) is 3.88. The molecule has 0 radical (unpaired) electrons. The molecule has 4 aromatic rings. The number of hydrogen-bond acceptors (Lipinski definition) is 7. The topological polar surface area (TPSA) is 69.4 Å². The number of Topliss-reactive ketones (excluding diaryl/α,β-unsaturated/α-hetero) is 1. The van der Waals surface area contributed by atoms with Crippen molar-refractivity contribution in [3.8, 4) is 16.3 Å². The van der Waals surface area contributed by atoms with Crippen LogP contribution in [-0.4, -0.2) is 38.5 Å². The van der Waals surface area contributed by atoms with Crippen molar-refractivity contribution >= 4 is 34.5 Å². The average molecular weight is 382 g/mol. The van der Waals surface area contributed by atoms with Gasteiger partial charge >= 0.3 is 0 Å². The van der Waals surface area contributed by atoms with Gasteiger partial charge in [-0.25, -0.2) is 0 Å². The highest BCUT2D eigenvalue weighted by atomic mass is 32.2. The third-order valence-corrected chi connectivity index (χ3v) is 5.56. The smallest absolute Gasteiger partial charge is 0.212 e. The monoisotopic (exact) mass is 382 g/mol. The van der Waals surface area contributed by atoms with Gasteiger partial charge in [0.15, 0.2) is 11.4 Å². The maximum absolute atomic E-state index is 12.4. The summed E-state index contributed by atoms with van der Waals surface area (Å²) >= 11 is 2.95. The normalized spacial score (nSPS) is 11.0. The van der Waals surface area contributed by atoms with E-state index in [1.807, 2.05) is 29.6 Å². The molecule has 4 rings (SSSR count). The molecule has 3 heterocycles. The fraction of sp³-hybridized carbons (Fsp3) is 0.111. The Kier molecular flexibility index (Phi) is 4.68. The van der Waals surface area contributed by atoms with Gasteiger partial charge < -0.3 is 4.74 Å². The van der Waals surface area contributed by atoms with Gasteiger partial charge in [0, 0.05) is 5.56 Å². The maximum Gasteiger partial charge on any atom is 0.212 e. The van der Waals surface area contributed by atoms with Crippen LogP contribution < -0.4 is 4.74 Å². The highest BCUT2D eigenvalue weighted by molar-refractivity contribution is 7.99. The minimum absolute atomic E-state index is 0.0174. The second kappa shape index (κ2) is 7.27. The number of ketones is 1. The number of hydrogen-bond donors (Lipinski definition) is 0. The number of thiophene rings is 1. The predicted octanol–water partition coefficient (Wildman–Crippen LogP) is 3.84. The van der Waals surface area contributed by atoms with E-state index in [-0.39, 0.29) is 11.5 Å². The summed E-state index contributed by atoms with van der Waals surface area (Å²) in [6.45, 7) is 0. The van der Waals surface area contributed by atoms with E-state index in [1.54, 1.807) is 47.2 Å². The highest BCUT2D eigenvalue weighted by Gasteiger charge is 2.13. The van der Waals surface area contributed by atoms with Crippen LogP contribution in [0, 0.1) is 0 Å². The SMILES string of the molecule is COc1ccc(C(=O)CSc2nnc3ccc(-c4cccs4)nn23)cc1. The number of rotatable bonds is 6. The Morgan fingerprint density at radius 1 is 1.15 bits per heavy atom. The summed E-state index contributed by atoms with van der Waals surface area (Å²) in [5.74, 6) is 1.00. The molecule has 0 fully saturated rings. The van der Waals surface area contributed by atoms with Crippen LogP contribution in [0.2, 0.25) is 0 Å². The first-order valence-corrected chi connectivity index (χ1v) is 9.67. The van der Waals surface area contributed by atoms with E-state index in [4.69, 9.17) is 4.74 Å². The lowest BCUT2D eigenvalue weighted by Crippen LogP contribution is -2.04. The summed E-state index contributed by atoms with van der Waals surface area (Å²) in [4.78, 5) is 13.5. The molecule has 6 nitrogen and oxygen atoms in total. The van der Waals surface area contributed by atoms with Crippen molar-refractivity contribution in [1.29, 1.82) is 0 Å². The Hall–Kier alpha value is -2.71. The zero-order valence-corrected chi connectivity index (χ0v) is 15.5. The molecular weight excluding hydrogens is 368 g/mol. The van der Waals surface area contributed by atoms with Crippen LogP contribution in [0.3, 0.4) is 0 Å². The van der Waals surface area contributed by atoms with Crippen LogP contribution >= 0.6 is 23.1 Å². The minimum Gasteiger partial charge on any atom is -0.497 e. The van der Waals surface area contributed by atoms with Gasteiger partial charge in [-0.15, -0.1) is 21.5 Å². The summed E-state index contributed by atoms with van der Waals surface area (Å²) in [7, 11) is 1.60. The first-order chi connectivity index (χ1) is 12.7. The fourth-order valence-electron chi connectivity index (χ4n) is 2.41. The van der Waals surface area contributed by atoms with E-state index >= 15 is 0 Å². The zero-order valence-electron chi connectivity index (χ0n) is 13.8. The van der Waals surface area contributed by atoms with Crippen LogP contribution in [0.15, 0.2) is 59.1 Å². The lowest BCUT2D eigenvalue weighted by Gasteiger charge is -2.03. The number of thioether (sulfide) groups is 1. The van der Waals surface area contributed by atoms with Crippen LogP contribution in [0.25, 0.3) is 16.2 Å². The van der Waals surface area contributed by atoms with Gasteiger partial charge in [0.25, 0.3) is 0 Å². The van der Waals surface area contributed by atoms with Crippen LogP contribution in [0.1, 0.15) is 10.4 Å². The molecule has 0 atom stereocenters. The number of nitrogens with zero attached hydrogens (tertiary/aromatic N) is 4. The van der Waals surface area contributed by atoms with Crippen molar-refractivity contribution in [2.45, 2.75) is 5.16 Å². The summed E-state index contributed by atoms with van der Waals surface area (Å²) in [5.41, 5.74) is 2.15. The molecule has 0 amide bonds. The maximum atomic E-state index is 12.4. The van der Waals surface area contributed by atoms with Crippen LogP contribution in [0.5, 0.6) is 5.75 Å². The van der Waals surface area contributed by atoms with E-state index in [2.05, 4.69) is 15.3 Å². The standard InChI is InChI=1S/C18H14N4O2S2/c1-24-13-6-4-12(5-7-13)15(23)11-26-18-20-19-17-9-8-14(21-22(17)18)16-3-2-10-25-16/h2-10H,11H2,1H3. The Bertz CT molecular complexity index is 1040. The van der Waals surface area contributed by atoms with E-state index < -0.39 is 0 Å². The van der Waals surface area contributed by atoms with E-state index in [1.165, 1.54) is 11.8 Å². The number of methoxy groups -OCH3 is 1. The van der Waals surface area contributed by atoms with Crippen molar-refractivity contribution in [3.05, 3.63) is 59.5 Å². The van der Waals surface area contributed by atoms with Crippen molar-refractivity contribution in [2.75, 3.05) is 12.9 Å².